The third-order valence-corrected chi connectivity index (χ3v) is 4.48. The average molecular weight is 375 g/mol. The molecule has 0 saturated carbocycles. The Morgan fingerprint density at radius 2 is 1.64 bits per heavy atom. The van der Waals surface area contributed by atoms with Crippen LogP contribution in [0.25, 0.3) is 33.4 Å². The predicted molar refractivity (Wildman–Crippen MR) is 103 cm³/mol. The first-order valence-electron chi connectivity index (χ1n) is 8.22. The van der Waals surface area contributed by atoms with Crippen molar-refractivity contribution in [1.82, 2.24) is 0 Å². The van der Waals surface area contributed by atoms with Gasteiger partial charge in [0.1, 0.15) is 11.3 Å². The summed E-state index contributed by atoms with van der Waals surface area (Å²) in [6.07, 6.45) is 0. The Kier molecular flexibility index (Phi) is 3.85. The number of carboxylic acids is 2. The summed E-state index contributed by atoms with van der Waals surface area (Å²) in [5, 5.41) is 19.6. The molecule has 28 heavy (non-hydrogen) atoms. The Balaban J connectivity index is 2.22. The molecule has 4 rings (SSSR count). The topological polar surface area (TPSA) is 131 Å². The lowest BCUT2D eigenvalue weighted by Crippen LogP contribution is -2.06. The van der Waals surface area contributed by atoms with Crippen molar-refractivity contribution >= 4 is 28.6 Å². The summed E-state index contributed by atoms with van der Waals surface area (Å²) in [4.78, 5) is 35.1. The van der Waals surface area contributed by atoms with Gasteiger partial charge in [0, 0.05) is 34.3 Å². The molecule has 0 radical (unpaired) electrons. The van der Waals surface area contributed by atoms with E-state index in [0.717, 1.165) is 0 Å². The van der Waals surface area contributed by atoms with Crippen LogP contribution in [0.5, 0.6) is 0 Å². The van der Waals surface area contributed by atoms with Crippen molar-refractivity contribution in [1.29, 1.82) is 0 Å². The molecule has 7 heteroatoms. The number of fused-ring (bicyclic) bond motifs is 2. The molecule has 0 atom stereocenters. The second-order valence-electron chi connectivity index (χ2n) is 6.26. The molecule has 7 nitrogen and oxygen atoms in total. The maximum Gasteiger partial charge on any atom is 0.336 e. The monoisotopic (exact) mass is 375 g/mol. The minimum atomic E-state index is -1.20. The summed E-state index contributed by atoms with van der Waals surface area (Å²) in [6, 6.07) is 12.8. The van der Waals surface area contributed by atoms with E-state index in [1.807, 2.05) is 0 Å². The number of hydrogen-bond acceptors (Lipinski definition) is 5. The third-order valence-electron chi connectivity index (χ3n) is 4.48. The minimum Gasteiger partial charge on any atom is -0.478 e. The Labute approximate surface area is 157 Å². The van der Waals surface area contributed by atoms with Crippen molar-refractivity contribution in [2.75, 3.05) is 5.73 Å². The first-order valence-corrected chi connectivity index (χ1v) is 8.22. The van der Waals surface area contributed by atoms with E-state index < -0.39 is 11.9 Å². The summed E-state index contributed by atoms with van der Waals surface area (Å²) in [5.41, 5.74) is 7.37. The molecule has 0 amide bonds. The fourth-order valence-corrected chi connectivity index (χ4v) is 3.25. The van der Waals surface area contributed by atoms with Crippen LogP contribution in [0.2, 0.25) is 0 Å². The van der Waals surface area contributed by atoms with Crippen LogP contribution in [0, 0.1) is 0 Å². The number of carbonyl (C=O) groups is 2. The molecule has 1 aliphatic heterocycles. The van der Waals surface area contributed by atoms with Gasteiger partial charge in [-0.05, 0) is 48.0 Å². The number of nitrogens with two attached hydrogens (primary N) is 1. The number of carboxylic acid groups (broad SMARTS) is 2. The zero-order valence-electron chi connectivity index (χ0n) is 14.3. The number of rotatable bonds is 3. The Bertz CT molecular complexity index is 1300. The van der Waals surface area contributed by atoms with Gasteiger partial charge >= 0.3 is 11.9 Å². The summed E-state index contributed by atoms with van der Waals surface area (Å²) >= 11 is 0. The van der Waals surface area contributed by atoms with Gasteiger partial charge in [-0.1, -0.05) is 0 Å². The molecule has 0 saturated heterocycles. The molecule has 138 valence electrons. The highest BCUT2D eigenvalue weighted by atomic mass is 16.4. The second-order valence-corrected chi connectivity index (χ2v) is 6.26. The minimum absolute atomic E-state index is 0.0574. The van der Waals surface area contributed by atoms with Crippen LogP contribution < -0.4 is 11.2 Å². The van der Waals surface area contributed by atoms with Gasteiger partial charge in [-0.15, -0.1) is 0 Å². The number of benzene rings is 3. The van der Waals surface area contributed by atoms with Crippen molar-refractivity contribution in [2.45, 2.75) is 0 Å². The standard InChI is InChI=1S/C21H13NO6/c22-11-2-5-14-17(8-11)28-18-9-12(23)3-6-15(18)19(14)16-7-10(20(24)25)1-4-13(16)21(26)27/h1-9H,22H2,(H,24,25)(H,26,27). The van der Waals surface area contributed by atoms with Crippen molar-refractivity contribution in [3.8, 4) is 22.5 Å². The molecule has 0 bridgehead atoms. The predicted octanol–water partition coefficient (Wildman–Crippen LogP) is 3.54. The molecule has 2 aliphatic rings. The number of anilines is 1. The summed E-state index contributed by atoms with van der Waals surface area (Å²) in [7, 11) is 0. The zero-order chi connectivity index (χ0) is 20.0. The highest BCUT2D eigenvalue weighted by molar-refractivity contribution is 6.08. The Morgan fingerprint density at radius 1 is 0.857 bits per heavy atom. The largest absolute Gasteiger partial charge is 0.478 e. The van der Waals surface area contributed by atoms with Gasteiger partial charge in [-0.2, -0.15) is 0 Å². The maximum absolute atomic E-state index is 11.8. The molecule has 1 aliphatic carbocycles. The normalized spacial score (nSPS) is 11.0. The Morgan fingerprint density at radius 3 is 2.36 bits per heavy atom. The van der Waals surface area contributed by atoms with Gasteiger partial charge in [0.15, 0.2) is 5.43 Å². The average Bonchev–Trinajstić information content (AvgIpc) is 2.65. The quantitative estimate of drug-likeness (QED) is 0.369. The SMILES string of the molecule is Nc1ccc2c(-c3cc(C(=O)O)ccc3C(=O)O)c3ccc(=O)cc-3oc2c1. The van der Waals surface area contributed by atoms with E-state index >= 15 is 0 Å². The lowest BCUT2D eigenvalue weighted by Gasteiger charge is -2.17. The molecule has 2 aromatic rings. The molecule has 0 fully saturated rings. The van der Waals surface area contributed by atoms with Crippen LogP contribution in [0.1, 0.15) is 20.7 Å². The van der Waals surface area contributed by atoms with Gasteiger partial charge in [0.2, 0.25) is 0 Å². The first kappa shape index (κ1) is 17.3. The van der Waals surface area contributed by atoms with Gasteiger partial charge in [-0.3, -0.25) is 4.79 Å². The van der Waals surface area contributed by atoms with E-state index in [-0.39, 0.29) is 27.9 Å². The molecule has 2 aromatic carbocycles. The van der Waals surface area contributed by atoms with Crippen molar-refractivity contribution in [3.63, 3.8) is 0 Å². The molecular formula is C21H13NO6. The fraction of sp³-hybridized carbons (Fsp3) is 0. The summed E-state index contributed by atoms with van der Waals surface area (Å²) in [5.74, 6) is -2.14. The van der Waals surface area contributed by atoms with E-state index in [2.05, 4.69) is 0 Å². The molecular weight excluding hydrogens is 362 g/mol. The number of aromatic carboxylic acids is 2. The van der Waals surface area contributed by atoms with E-state index in [1.54, 1.807) is 18.2 Å². The maximum atomic E-state index is 11.8. The van der Waals surface area contributed by atoms with Gasteiger partial charge < -0.3 is 20.4 Å². The molecule has 0 aromatic heterocycles. The Hall–Kier alpha value is -4.13. The van der Waals surface area contributed by atoms with E-state index in [9.17, 15) is 24.6 Å². The lowest BCUT2D eigenvalue weighted by atomic mass is 9.89. The van der Waals surface area contributed by atoms with E-state index in [4.69, 9.17) is 10.2 Å². The van der Waals surface area contributed by atoms with Crippen LogP contribution in [0.15, 0.2) is 63.8 Å². The first-order chi connectivity index (χ1) is 13.3. The van der Waals surface area contributed by atoms with E-state index in [0.29, 0.717) is 27.8 Å². The number of nitrogen functional groups attached to an aromatic ring is 1. The molecule has 1 heterocycles. The van der Waals surface area contributed by atoms with E-state index in [1.165, 1.54) is 36.4 Å². The molecule has 4 N–H and O–H groups in total. The summed E-state index contributed by atoms with van der Waals surface area (Å²) < 4.78 is 5.80. The van der Waals surface area contributed by atoms with Gasteiger partial charge in [0.25, 0.3) is 0 Å². The van der Waals surface area contributed by atoms with Gasteiger partial charge in [-0.25, -0.2) is 9.59 Å². The van der Waals surface area contributed by atoms with Crippen molar-refractivity contribution in [2.24, 2.45) is 0 Å². The zero-order valence-corrected chi connectivity index (χ0v) is 14.3. The van der Waals surface area contributed by atoms with Crippen LogP contribution in [0.4, 0.5) is 5.69 Å². The fourth-order valence-electron chi connectivity index (χ4n) is 3.25. The summed E-state index contributed by atoms with van der Waals surface area (Å²) in [6.45, 7) is 0. The highest BCUT2D eigenvalue weighted by Crippen LogP contribution is 2.41. The second kappa shape index (κ2) is 6.24. The highest BCUT2D eigenvalue weighted by Gasteiger charge is 2.23. The van der Waals surface area contributed by atoms with Crippen molar-refractivity contribution < 1.29 is 24.2 Å². The third kappa shape index (κ3) is 2.75. The molecule has 0 unspecified atom stereocenters. The van der Waals surface area contributed by atoms with Crippen LogP contribution in [-0.4, -0.2) is 22.2 Å². The number of hydrogen-bond donors (Lipinski definition) is 3. The van der Waals surface area contributed by atoms with Crippen molar-refractivity contribution in [3.05, 3.63) is 75.9 Å². The molecule has 0 spiro atoms. The lowest BCUT2D eigenvalue weighted by molar-refractivity contribution is 0.0682. The van der Waals surface area contributed by atoms with Crippen LogP contribution in [-0.2, 0) is 0 Å². The van der Waals surface area contributed by atoms with Crippen LogP contribution in [0.3, 0.4) is 0 Å². The van der Waals surface area contributed by atoms with Crippen LogP contribution >= 0.6 is 0 Å². The van der Waals surface area contributed by atoms with Gasteiger partial charge in [0.05, 0.1) is 11.1 Å². The smallest absolute Gasteiger partial charge is 0.336 e.